The van der Waals surface area contributed by atoms with Crippen LogP contribution < -0.4 is 4.74 Å². The average Bonchev–Trinajstić information content (AvgIpc) is 3.30. The van der Waals surface area contributed by atoms with E-state index in [1.165, 1.54) is 0 Å². The number of carbonyl (C=O) groups excluding carboxylic acids is 1. The molecule has 0 aliphatic carbocycles. The molecule has 0 aliphatic heterocycles. The molecule has 34 heavy (non-hydrogen) atoms. The first-order valence-corrected chi connectivity index (χ1v) is 11.4. The Hall–Kier alpha value is -2.91. The van der Waals surface area contributed by atoms with Crippen molar-refractivity contribution in [3.8, 4) is 28.4 Å². The number of rotatable bonds is 14. The van der Waals surface area contributed by atoms with Gasteiger partial charge in [-0.3, -0.25) is 0 Å². The summed E-state index contributed by atoms with van der Waals surface area (Å²) in [7, 11) is 1.64. The van der Waals surface area contributed by atoms with Gasteiger partial charge in [0, 0.05) is 23.3 Å². The Bertz CT molecular complexity index is 1020. The molecule has 0 saturated carbocycles. The van der Waals surface area contributed by atoms with Crippen LogP contribution in [0.3, 0.4) is 0 Å². The van der Waals surface area contributed by atoms with Crippen molar-refractivity contribution in [2.75, 3.05) is 53.4 Å². The molecule has 2 aromatic carbocycles. The summed E-state index contributed by atoms with van der Waals surface area (Å²) < 4.78 is 26.6. The third-order valence-electron chi connectivity index (χ3n) is 4.73. The van der Waals surface area contributed by atoms with Gasteiger partial charge in [0.15, 0.2) is 5.69 Å². The summed E-state index contributed by atoms with van der Waals surface area (Å²) in [5.74, 6) is 0.797. The lowest BCUT2D eigenvalue weighted by atomic mass is 10.1. The second kappa shape index (κ2) is 13.7. The molecule has 1 N–H and O–H groups in total. The first kappa shape index (κ1) is 25.7. The number of nitrogens with one attached hydrogen (secondary N) is 1. The molecular formula is C25H29ClN2O6. The molecule has 3 aromatic rings. The maximum absolute atomic E-state index is 12.5. The van der Waals surface area contributed by atoms with Gasteiger partial charge in [-0.25, -0.2) is 9.78 Å². The van der Waals surface area contributed by atoms with Gasteiger partial charge in [0.25, 0.3) is 0 Å². The molecule has 9 heteroatoms. The van der Waals surface area contributed by atoms with Crippen molar-refractivity contribution in [1.29, 1.82) is 0 Å². The summed E-state index contributed by atoms with van der Waals surface area (Å²) in [6.45, 7) is 5.06. The molecule has 0 fully saturated rings. The largest absolute Gasteiger partial charge is 0.491 e. The number of ether oxygens (including phenoxy) is 5. The highest BCUT2D eigenvalue weighted by atomic mass is 35.5. The van der Waals surface area contributed by atoms with Crippen molar-refractivity contribution in [1.82, 2.24) is 9.97 Å². The van der Waals surface area contributed by atoms with Crippen molar-refractivity contribution in [3.05, 3.63) is 59.2 Å². The van der Waals surface area contributed by atoms with Crippen LogP contribution in [-0.2, 0) is 18.9 Å². The molecule has 0 bridgehead atoms. The molecular weight excluding hydrogens is 460 g/mol. The quantitative estimate of drug-likeness (QED) is 0.261. The minimum absolute atomic E-state index is 0.268. The van der Waals surface area contributed by atoms with E-state index in [9.17, 15) is 4.79 Å². The van der Waals surface area contributed by atoms with Gasteiger partial charge in [-0.15, -0.1) is 0 Å². The summed E-state index contributed by atoms with van der Waals surface area (Å²) >= 11 is 6.00. The summed E-state index contributed by atoms with van der Waals surface area (Å²) in [5.41, 5.74) is 2.37. The highest BCUT2D eigenvalue weighted by Gasteiger charge is 2.20. The third kappa shape index (κ3) is 7.56. The molecule has 0 atom stereocenters. The number of benzene rings is 2. The van der Waals surface area contributed by atoms with Crippen LogP contribution in [0.1, 0.15) is 17.4 Å². The van der Waals surface area contributed by atoms with E-state index in [4.69, 9.17) is 35.3 Å². The SMILES string of the molecule is CCOC(=O)c1[nH]c(-c2ccc(OCCOCCOCCOC)cc2)nc1-c1ccc(Cl)cc1. The fourth-order valence-electron chi connectivity index (χ4n) is 3.07. The number of nitrogens with zero attached hydrogens (tertiary/aromatic N) is 1. The van der Waals surface area contributed by atoms with Crippen LogP contribution in [0.4, 0.5) is 0 Å². The van der Waals surface area contributed by atoms with Crippen LogP contribution in [-0.4, -0.2) is 69.3 Å². The number of H-pyrrole nitrogens is 1. The Kier molecular flexibility index (Phi) is 10.4. The zero-order valence-corrected chi connectivity index (χ0v) is 20.1. The van der Waals surface area contributed by atoms with Crippen molar-refractivity contribution in [2.45, 2.75) is 6.92 Å². The minimum Gasteiger partial charge on any atom is -0.491 e. The molecule has 0 spiro atoms. The first-order chi connectivity index (χ1) is 16.6. The maximum atomic E-state index is 12.5. The first-order valence-electron chi connectivity index (χ1n) is 11.0. The predicted octanol–water partition coefficient (Wildman–Crippen LogP) is 4.63. The van der Waals surface area contributed by atoms with E-state index in [0.29, 0.717) is 67.6 Å². The van der Waals surface area contributed by atoms with E-state index in [-0.39, 0.29) is 6.61 Å². The van der Waals surface area contributed by atoms with Gasteiger partial charge in [-0.2, -0.15) is 0 Å². The average molecular weight is 489 g/mol. The predicted molar refractivity (Wildman–Crippen MR) is 129 cm³/mol. The van der Waals surface area contributed by atoms with E-state index < -0.39 is 5.97 Å². The summed E-state index contributed by atoms with van der Waals surface area (Å²) in [4.78, 5) is 20.3. The van der Waals surface area contributed by atoms with Crippen LogP contribution in [0, 0.1) is 0 Å². The second-order valence-electron chi connectivity index (χ2n) is 7.13. The van der Waals surface area contributed by atoms with E-state index >= 15 is 0 Å². The molecule has 1 aromatic heterocycles. The topological polar surface area (TPSA) is 91.9 Å². The Balaban J connectivity index is 1.60. The minimum atomic E-state index is -0.463. The summed E-state index contributed by atoms with van der Waals surface area (Å²) in [6.07, 6.45) is 0. The number of hydrogen-bond donors (Lipinski definition) is 1. The molecule has 0 amide bonds. The fourth-order valence-corrected chi connectivity index (χ4v) is 3.20. The van der Waals surface area contributed by atoms with Gasteiger partial charge in [0.2, 0.25) is 0 Å². The molecule has 0 saturated heterocycles. The Morgan fingerprint density at radius 2 is 1.50 bits per heavy atom. The molecule has 0 aliphatic rings. The van der Waals surface area contributed by atoms with Crippen LogP contribution in [0.25, 0.3) is 22.6 Å². The number of aromatic amines is 1. The Morgan fingerprint density at radius 3 is 2.15 bits per heavy atom. The summed E-state index contributed by atoms with van der Waals surface area (Å²) in [6, 6.07) is 14.6. The second-order valence-corrected chi connectivity index (χ2v) is 7.56. The molecule has 0 unspecified atom stereocenters. The van der Waals surface area contributed by atoms with Crippen LogP contribution in [0.5, 0.6) is 5.75 Å². The van der Waals surface area contributed by atoms with E-state index in [0.717, 1.165) is 11.1 Å². The van der Waals surface area contributed by atoms with Crippen LogP contribution >= 0.6 is 11.6 Å². The number of aromatic nitrogens is 2. The molecule has 1 heterocycles. The van der Waals surface area contributed by atoms with Crippen molar-refractivity contribution >= 4 is 17.6 Å². The standard InChI is InChI=1S/C25H29ClN2O6/c1-3-33-25(29)23-22(18-4-8-20(26)9-5-18)27-24(28-23)19-6-10-21(11-7-19)34-17-16-32-15-14-31-13-12-30-2/h4-11H,3,12-17H2,1-2H3,(H,27,28). The van der Waals surface area contributed by atoms with Crippen molar-refractivity contribution in [3.63, 3.8) is 0 Å². The normalized spacial score (nSPS) is 10.9. The fraction of sp³-hybridized carbons (Fsp3) is 0.360. The number of esters is 1. The van der Waals surface area contributed by atoms with Gasteiger partial charge in [-0.1, -0.05) is 23.7 Å². The lowest BCUT2D eigenvalue weighted by Gasteiger charge is -2.08. The van der Waals surface area contributed by atoms with E-state index in [2.05, 4.69) is 9.97 Å². The highest BCUT2D eigenvalue weighted by molar-refractivity contribution is 6.30. The molecule has 3 rings (SSSR count). The zero-order valence-electron chi connectivity index (χ0n) is 19.3. The lowest BCUT2D eigenvalue weighted by molar-refractivity contribution is 0.0180. The number of hydrogen-bond acceptors (Lipinski definition) is 7. The molecule has 0 radical (unpaired) electrons. The maximum Gasteiger partial charge on any atom is 0.357 e. The Labute approximate surface area is 204 Å². The molecule has 8 nitrogen and oxygen atoms in total. The Morgan fingerprint density at radius 1 is 0.882 bits per heavy atom. The van der Waals surface area contributed by atoms with Gasteiger partial charge >= 0.3 is 5.97 Å². The zero-order chi connectivity index (χ0) is 24.2. The lowest BCUT2D eigenvalue weighted by Crippen LogP contribution is -2.12. The monoisotopic (exact) mass is 488 g/mol. The smallest absolute Gasteiger partial charge is 0.357 e. The van der Waals surface area contributed by atoms with Gasteiger partial charge in [-0.05, 0) is 43.3 Å². The van der Waals surface area contributed by atoms with Crippen LogP contribution in [0.15, 0.2) is 48.5 Å². The number of imidazole rings is 1. The summed E-state index contributed by atoms with van der Waals surface area (Å²) in [5, 5.41) is 0.605. The number of carbonyl (C=O) groups is 1. The van der Waals surface area contributed by atoms with Crippen molar-refractivity contribution < 1.29 is 28.5 Å². The molecule has 182 valence electrons. The highest BCUT2D eigenvalue weighted by Crippen LogP contribution is 2.28. The number of halogens is 1. The van der Waals surface area contributed by atoms with Crippen LogP contribution in [0.2, 0.25) is 5.02 Å². The van der Waals surface area contributed by atoms with Gasteiger partial charge < -0.3 is 28.7 Å². The van der Waals surface area contributed by atoms with Gasteiger partial charge in [0.1, 0.15) is 23.9 Å². The number of methoxy groups -OCH3 is 1. The van der Waals surface area contributed by atoms with E-state index in [1.807, 2.05) is 36.4 Å². The van der Waals surface area contributed by atoms with Crippen molar-refractivity contribution in [2.24, 2.45) is 0 Å². The van der Waals surface area contributed by atoms with Gasteiger partial charge in [0.05, 0.1) is 39.6 Å². The third-order valence-corrected chi connectivity index (χ3v) is 4.98. The van der Waals surface area contributed by atoms with E-state index in [1.54, 1.807) is 26.2 Å².